The first-order chi connectivity index (χ1) is 10.6. The van der Waals surface area contributed by atoms with Crippen LogP contribution in [-0.4, -0.2) is 42.2 Å². The molecule has 0 bridgehead atoms. The number of rotatable bonds is 6. The largest absolute Gasteiger partial charge is 0.378 e. The van der Waals surface area contributed by atoms with E-state index >= 15 is 0 Å². The molecule has 1 amide bonds. The highest BCUT2D eigenvalue weighted by Crippen LogP contribution is 2.14. The normalized spacial score (nSPS) is 15.2. The number of anilines is 1. The van der Waals surface area contributed by atoms with Gasteiger partial charge in [0.2, 0.25) is 5.91 Å². The van der Waals surface area contributed by atoms with Crippen LogP contribution in [0.5, 0.6) is 0 Å². The van der Waals surface area contributed by atoms with Crippen LogP contribution in [0.4, 0.5) is 5.82 Å². The molecule has 0 unspecified atom stereocenters. The van der Waals surface area contributed by atoms with Crippen LogP contribution in [0, 0.1) is 12.8 Å². The quantitative estimate of drug-likeness (QED) is 0.866. The summed E-state index contributed by atoms with van der Waals surface area (Å²) in [5, 5.41) is 2.95. The smallest absolute Gasteiger partial charge is 0.223 e. The van der Waals surface area contributed by atoms with Gasteiger partial charge in [-0.25, -0.2) is 9.97 Å². The molecular formula is C16H26N4O2. The second-order valence-electron chi connectivity index (χ2n) is 5.61. The van der Waals surface area contributed by atoms with Crippen molar-refractivity contribution in [2.24, 2.45) is 5.92 Å². The number of ether oxygens (including phenoxy) is 1. The summed E-state index contributed by atoms with van der Waals surface area (Å²) in [6.07, 6.45) is 1.71. The van der Waals surface area contributed by atoms with Gasteiger partial charge >= 0.3 is 0 Å². The number of hydrogen-bond donors (Lipinski definition) is 1. The van der Waals surface area contributed by atoms with Crippen LogP contribution in [0.3, 0.4) is 0 Å². The highest BCUT2D eigenvalue weighted by Gasteiger charge is 2.16. The summed E-state index contributed by atoms with van der Waals surface area (Å²) in [4.78, 5) is 23.3. The zero-order chi connectivity index (χ0) is 15.9. The van der Waals surface area contributed by atoms with E-state index in [4.69, 9.17) is 4.74 Å². The second-order valence-corrected chi connectivity index (χ2v) is 5.61. The van der Waals surface area contributed by atoms with Crippen molar-refractivity contribution in [2.75, 3.05) is 31.2 Å². The Kier molecular flexibility index (Phi) is 6.12. The van der Waals surface area contributed by atoms with Gasteiger partial charge in [0.05, 0.1) is 19.8 Å². The van der Waals surface area contributed by atoms with Gasteiger partial charge in [-0.2, -0.15) is 0 Å². The molecule has 2 rings (SSSR count). The molecule has 1 aliphatic rings. The summed E-state index contributed by atoms with van der Waals surface area (Å²) in [5.74, 6) is 1.75. The zero-order valence-electron chi connectivity index (χ0n) is 13.8. The fourth-order valence-corrected chi connectivity index (χ4v) is 2.62. The van der Waals surface area contributed by atoms with Crippen molar-refractivity contribution in [3.8, 4) is 0 Å². The molecule has 6 nitrogen and oxygen atoms in total. The number of carbonyl (C=O) groups excluding carboxylic acids is 1. The van der Waals surface area contributed by atoms with E-state index in [2.05, 4.69) is 20.2 Å². The minimum absolute atomic E-state index is 0.0727. The topological polar surface area (TPSA) is 67.4 Å². The van der Waals surface area contributed by atoms with E-state index in [-0.39, 0.29) is 11.8 Å². The Balaban J connectivity index is 2.01. The molecule has 1 aromatic heterocycles. The minimum Gasteiger partial charge on any atom is -0.378 e. The Morgan fingerprint density at radius 1 is 1.32 bits per heavy atom. The van der Waals surface area contributed by atoms with Crippen LogP contribution < -0.4 is 10.2 Å². The predicted octanol–water partition coefficient (Wildman–Crippen LogP) is 1.67. The lowest BCUT2D eigenvalue weighted by Gasteiger charge is -2.28. The number of amides is 1. The van der Waals surface area contributed by atoms with Crippen molar-refractivity contribution >= 4 is 11.7 Å². The highest BCUT2D eigenvalue weighted by atomic mass is 16.5. The molecular weight excluding hydrogens is 280 g/mol. The maximum absolute atomic E-state index is 12.1. The van der Waals surface area contributed by atoms with E-state index in [0.717, 1.165) is 50.7 Å². The van der Waals surface area contributed by atoms with Crippen LogP contribution in [0.2, 0.25) is 0 Å². The van der Waals surface area contributed by atoms with E-state index in [1.54, 1.807) is 0 Å². The van der Waals surface area contributed by atoms with Crippen LogP contribution in [0.15, 0.2) is 6.07 Å². The Bertz CT molecular complexity index is 497. The van der Waals surface area contributed by atoms with E-state index in [0.29, 0.717) is 12.4 Å². The molecule has 1 saturated heterocycles. The van der Waals surface area contributed by atoms with Crippen LogP contribution in [0.25, 0.3) is 0 Å². The molecule has 122 valence electrons. The molecule has 0 saturated carbocycles. The maximum atomic E-state index is 12.1. The van der Waals surface area contributed by atoms with Crippen LogP contribution in [0.1, 0.15) is 38.2 Å². The first kappa shape index (κ1) is 16.7. The zero-order valence-corrected chi connectivity index (χ0v) is 13.8. The molecule has 1 N–H and O–H groups in total. The Morgan fingerprint density at radius 3 is 2.64 bits per heavy atom. The standard InChI is InChI=1S/C16H26N4O2/c1-4-13(5-2)16(21)17-11-14-18-12(3)10-15(19-14)20-6-8-22-9-7-20/h10,13H,4-9,11H2,1-3H3,(H,17,21). The number of carbonyl (C=O) groups is 1. The van der Waals surface area contributed by atoms with Crippen molar-refractivity contribution < 1.29 is 9.53 Å². The number of aryl methyl sites for hydroxylation is 1. The highest BCUT2D eigenvalue weighted by molar-refractivity contribution is 5.78. The number of aromatic nitrogens is 2. The van der Waals surface area contributed by atoms with Crippen molar-refractivity contribution in [1.82, 2.24) is 15.3 Å². The summed E-state index contributed by atoms with van der Waals surface area (Å²) >= 11 is 0. The van der Waals surface area contributed by atoms with Gasteiger partial charge in [-0.1, -0.05) is 13.8 Å². The van der Waals surface area contributed by atoms with Gasteiger partial charge in [-0.05, 0) is 19.8 Å². The van der Waals surface area contributed by atoms with Gasteiger partial charge in [-0.3, -0.25) is 4.79 Å². The van der Waals surface area contributed by atoms with Crippen molar-refractivity contribution in [3.63, 3.8) is 0 Å². The summed E-state index contributed by atoms with van der Waals surface area (Å²) in [6.45, 7) is 9.55. The Labute approximate surface area is 132 Å². The molecule has 1 aliphatic heterocycles. The lowest BCUT2D eigenvalue weighted by Crippen LogP contribution is -2.37. The number of nitrogens with zero attached hydrogens (tertiary/aromatic N) is 3. The lowest BCUT2D eigenvalue weighted by molar-refractivity contribution is -0.125. The molecule has 0 radical (unpaired) electrons. The van der Waals surface area contributed by atoms with Crippen molar-refractivity contribution in [1.29, 1.82) is 0 Å². The SMILES string of the molecule is CCC(CC)C(=O)NCc1nc(C)cc(N2CCOCC2)n1. The third-order valence-electron chi connectivity index (χ3n) is 4.00. The molecule has 1 fully saturated rings. The molecule has 0 aromatic carbocycles. The molecule has 0 spiro atoms. The van der Waals surface area contributed by atoms with Crippen LogP contribution in [-0.2, 0) is 16.1 Å². The average molecular weight is 306 g/mol. The number of hydrogen-bond acceptors (Lipinski definition) is 5. The van der Waals surface area contributed by atoms with E-state index in [1.807, 2.05) is 26.8 Å². The van der Waals surface area contributed by atoms with Gasteiger partial charge in [0.25, 0.3) is 0 Å². The summed E-state index contributed by atoms with van der Waals surface area (Å²) in [5.41, 5.74) is 0.920. The number of morpholine rings is 1. The van der Waals surface area contributed by atoms with Gasteiger partial charge in [0, 0.05) is 30.8 Å². The number of nitrogens with one attached hydrogen (secondary N) is 1. The van der Waals surface area contributed by atoms with E-state index in [1.165, 1.54) is 0 Å². The van der Waals surface area contributed by atoms with E-state index in [9.17, 15) is 4.79 Å². The lowest BCUT2D eigenvalue weighted by atomic mass is 10.0. The molecule has 2 heterocycles. The first-order valence-electron chi connectivity index (χ1n) is 8.09. The fourth-order valence-electron chi connectivity index (χ4n) is 2.62. The van der Waals surface area contributed by atoms with Gasteiger partial charge < -0.3 is 15.0 Å². The van der Waals surface area contributed by atoms with E-state index < -0.39 is 0 Å². The third kappa shape index (κ3) is 4.40. The van der Waals surface area contributed by atoms with Gasteiger partial charge in [-0.15, -0.1) is 0 Å². The maximum Gasteiger partial charge on any atom is 0.223 e. The Hall–Kier alpha value is -1.69. The third-order valence-corrected chi connectivity index (χ3v) is 4.00. The fraction of sp³-hybridized carbons (Fsp3) is 0.688. The van der Waals surface area contributed by atoms with Gasteiger partial charge in [0.15, 0.2) is 0 Å². The molecule has 0 aliphatic carbocycles. The molecule has 1 aromatic rings. The predicted molar refractivity (Wildman–Crippen MR) is 85.7 cm³/mol. The van der Waals surface area contributed by atoms with Crippen molar-refractivity contribution in [3.05, 3.63) is 17.6 Å². The van der Waals surface area contributed by atoms with Gasteiger partial charge in [0.1, 0.15) is 11.6 Å². The molecule has 0 atom stereocenters. The summed E-state index contributed by atoms with van der Waals surface area (Å²) in [6, 6.07) is 1.98. The molecule has 6 heteroatoms. The van der Waals surface area contributed by atoms with Crippen molar-refractivity contribution in [2.45, 2.75) is 40.2 Å². The minimum atomic E-state index is 0.0727. The molecule has 22 heavy (non-hydrogen) atoms. The average Bonchev–Trinajstić information content (AvgIpc) is 2.54. The van der Waals surface area contributed by atoms with Crippen LogP contribution >= 0.6 is 0 Å². The first-order valence-corrected chi connectivity index (χ1v) is 8.09. The Morgan fingerprint density at radius 2 is 2.00 bits per heavy atom. The summed E-state index contributed by atoms with van der Waals surface area (Å²) in [7, 11) is 0. The second kappa shape index (κ2) is 8.08. The summed E-state index contributed by atoms with van der Waals surface area (Å²) < 4.78 is 5.37. The monoisotopic (exact) mass is 306 g/mol.